The number of hydrogen-bond donors (Lipinski definition) is 2. The highest BCUT2D eigenvalue weighted by molar-refractivity contribution is 5.82. The van der Waals surface area contributed by atoms with Crippen LogP contribution in [0.4, 0.5) is 0 Å². The first-order chi connectivity index (χ1) is 14.8. The van der Waals surface area contributed by atoms with Gasteiger partial charge in [0.1, 0.15) is 5.52 Å². The summed E-state index contributed by atoms with van der Waals surface area (Å²) in [5.41, 5.74) is 6.38. The Kier molecular flexibility index (Phi) is 5.67. The van der Waals surface area contributed by atoms with Crippen molar-refractivity contribution in [2.75, 3.05) is 6.54 Å². The van der Waals surface area contributed by atoms with E-state index >= 15 is 0 Å². The van der Waals surface area contributed by atoms with Crippen LogP contribution in [-0.2, 0) is 24.3 Å². The summed E-state index contributed by atoms with van der Waals surface area (Å²) < 4.78 is 1.88. The van der Waals surface area contributed by atoms with Crippen LogP contribution in [0.25, 0.3) is 11.0 Å². The van der Waals surface area contributed by atoms with Crippen molar-refractivity contribution in [3.8, 4) is 0 Å². The predicted molar refractivity (Wildman–Crippen MR) is 122 cm³/mol. The Labute approximate surface area is 183 Å². The number of aliphatic carboxylic acids is 1. The Morgan fingerprint density at radius 3 is 2.87 bits per heavy atom. The zero-order valence-electron chi connectivity index (χ0n) is 18.5. The molecule has 3 aromatic rings. The van der Waals surface area contributed by atoms with Crippen molar-refractivity contribution in [3.63, 3.8) is 0 Å². The lowest BCUT2D eigenvalue weighted by Crippen LogP contribution is -2.33. The molecular formula is C25H30N4O2. The van der Waals surface area contributed by atoms with Crippen LogP contribution >= 0.6 is 0 Å². The summed E-state index contributed by atoms with van der Waals surface area (Å²) in [6.45, 7) is 11.9. The number of carboxylic acid groups (broad SMARTS) is 1. The lowest BCUT2D eigenvalue weighted by atomic mass is 9.69. The largest absolute Gasteiger partial charge is 0.481 e. The van der Waals surface area contributed by atoms with Crippen LogP contribution in [0.1, 0.15) is 54.0 Å². The third-order valence-electron chi connectivity index (χ3n) is 6.56. The van der Waals surface area contributed by atoms with E-state index in [9.17, 15) is 9.90 Å². The van der Waals surface area contributed by atoms with Crippen LogP contribution < -0.4 is 5.32 Å². The van der Waals surface area contributed by atoms with Crippen LogP contribution in [0, 0.1) is 12.3 Å². The van der Waals surface area contributed by atoms with Crippen LogP contribution in [0.15, 0.2) is 43.0 Å². The smallest absolute Gasteiger partial charge is 0.310 e. The van der Waals surface area contributed by atoms with Crippen molar-refractivity contribution in [1.82, 2.24) is 20.3 Å². The summed E-state index contributed by atoms with van der Waals surface area (Å²) in [5.74, 6) is -1.12. The van der Waals surface area contributed by atoms with E-state index in [2.05, 4.69) is 46.5 Å². The molecule has 1 atom stereocenters. The second-order valence-electron chi connectivity index (χ2n) is 8.95. The van der Waals surface area contributed by atoms with Crippen LogP contribution in [0.3, 0.4) is 0 Å². The van der Waals surface area contributed by atoms with Crippen molar-refractivity contribution in [2.45, 2.75) is 52.6 Å². The number of rotatable bonds is 7. The number of benzene rings is 2. The van der Waals surface area contributed by atoms with Crippen molar-refractivity contribution in [1.29, 1.82) is 0 Å². The van der Waals surface area contributed by atoms with E-state index < -0.39 is 11.4 Å². The molecule has 6 nitrogen and oxygen atoms in total. The number of nitrogens with zero attached hydrogens (tertiary/aromatic N) is 3. The van der Waals surface area contributed by atoms with Gasteiger partial charge in [0.25, 0.3) is 0 Å². The Morgan fingerprint density at radius 2 is 2.13 bits per heavy atom. The Balaban J connectivity index is 1.86. The topological polar surface area (TPSA) is 80.0 Å². The van der Waals surface area contributed by atoms with Gasteiger partial charge in [-0.3, -0.25) is 4.79 Å². The number of allylic oxidation sites excluding steroid dienone is 1. The number of aryl methyl sites for hydroxylation is 2. The number of nitrogens with one attached hydrogen (secondary N) is 1. The third kappa shape index (κ3) is 3.76. The van der Waals surface area contributed by atoms with Crippen molar-refractivity contribution in [2.24, 2.45) is 5.41 Å². The predicted octanol–water partition coefficient (Wildman–Crippen LogP) is 4.20. The van der Waals surface area contributed by atoms with Crippen LogP contribution in [0.2, 0.25) is 0 Å². The summed E-state index contributed by atoms with van der Waals surface area (Å²) >= 11 is 0. The minimum absolute atomic E-state index is 0.306. The fraction of sp³-hybridized carbons (Fsp3) is 0.400. The Hall–Kier alpha value is -2.99. The lowest BCUT2D eigenvalue weighted by Gasteiger charge is -2.33. The maximum Gasteiger partial charge on any atom is 0.310 e. The molecule has 0 amide bonds. The van der Waals surface area contributed by atoms with Crippen molar-refractivity contribution >= 4 is 17.0 Å². The van der Waals surface area contributed by atoms with Gasteiger partial charge in [0.15, 0.2) is 0 Å². The number of aromatic nitrogens is 3. The van der Waals surface area contributed by atoms with Gasteiger partial charge in [0, 0.05) is 19.0 Å². The second kappa shape index (κ2) is 8.27. The highest BCUT2D eigenvalue weighted by Gasteiger charge is 2.40. The molecule has 31 heavy (non-hydrogen) atoms. The molecule has 0 fully saturated rings. The summed E-state index contributed by atoms with van der Waals surface area (Å²) in [5, 5.41) is 22.3. The van der Waals surface area contributed by atoms with E-state index in [0.29, 0.717) is 0 Å². The van der Waals surface area contributed by atoms with Gasteiger partial charge in [0.2, 0.25) is 0 Å². The third-order valence-corrected chi connectivity index (χ3v) is 6.56. The number of carbonyl (C=O) groups is 1. The number of carboxylic acids is 1. The van der Waals surface area contributed by atoms with Crippen molar-refractivity contribution in [3.05, 3.63) is 70.8 Å². The Bertz CT molecular complexity index is 1150. The van der Waals surface area contributed by atoms with E-state index in [-0.39, 0.29) is 5.92 Å². The molecular weight excluding hydrogens is 388 g/mol. The summed E-state index contributed by atoms with van der Waals surface area (Å²) in [6.07, 6.45) is 3.68. The average Bonchev–Trinajstić information content (AvgIpc) is 3.17. The minimum atomic E-state index is -0.992. The molecule has 1 aliphatic heterocycles. The normalized spacial score (nSPS) is 14.9. The first-order valence-corrected chi connectivity index (χ1v) is 10.8. The molecule has 0 saturated carbocycles. The molecule has 0 aliphatic carbocycles. The molecule has 2 heterocycles. The zero-order chi connectivity index (χ0) is 22.2. The van der Waals surface area contributed by atoms with Gasteiger partial charge in [-0.2, -0.15) is 0 Å². The van der Waals surface area contributed by atoms with Gasteiger partial charge in [-0.05, 0) is 74.0 Å². The van der Waals surface area contributed by atoms with E-state index in [1.165, 1.54) is 11.1 Å². The lowest BCUT2D eigenvalue weighted by molar-refractivity contribution is -0.147. The SMILES string of the molecule is C=CCCn1nnc2c(C)c(C(c3ccc4c(c3)CNCC4)C(C)(C)C(=O)O)ccc21. The number of hydrogen-bond acceptors (Lipinski definition) is 4. The van der Waals surface area contributed by atoms with Gasteiger partial charge in [-0.1, -0.05) is 35.6 Å². The quantitative estimate of drug-likeness (QED) is 0.562. The van der Waals surface area contributed by atoms with E-state index in [0.717, 1.165) is 60.2 Å². The molecule has 0 saturated heterocycles. The van der Waals surface area contributed by atoms with E-state index in [4.69, 9.17) is 0 Å². The minimum Gasteiger partial charge on any atom is -0.481 e. The molecule has 0 radical (unpaired) electrons. The molecule has 1 aromatic heterocycles. The zero-order valence-corrected chi connectivity index (χ0v) is 18.5. The Morgan fingerprint density at radius 1 is 1.32 bits per heavy atom. The summed E-state index contributed by atoms with van der Waals surface area (Å²) in [7, 11) is 0. The highest BCUT2D eigenvalue weighted by atomic mass is 16.4. The fourth-order valence-corrected chi connectivity index (χ4v) is 4.66. The van der Waals surface area contributed by atoms with Crippen LogP contribution in [0.5, 0.6) is 0 Å². The molecule has 2 N–H and O–H groups in total. The van der Waals surface area contributed by atoms with Gasteiger partial charge in [-0.25, -0.2) is 4.68 Å². The molecule has 0 bridgehead atoms. The second-order valence-corrected chi connectivity index (χ2v) is 8.95. The fourth-order valence-electron chi connectivity index (χ4n) is 4.66. The first kappa shape index (κ1) is 21.2. The monoisotopic (exact) mass is 418 g/mol. The van der Waals surface area contributed by atoms with E-state index in [1.807, 2.05) is 37.6 Å². The molecule has 0 spiro atoms. The highest BCUT2D eigenvalue weighted by Crippen LogP contribution is 2.44. The van der Waals surface area contributed by atoms with Crippen molar-refractivity contribution < 1.29 is 9.90 Å². The molecule has 6 heteroatoms. The molecule has 2 aromatic carbocycles. The molecule has 4 rings (SSSR count). The maximum atomic E-state index is 12.3. The summed E-state index contributed by atoms with van der Waals surface area (Å²) in [4.78, 5) is 12.3. The standard InChI is InChI=1S/C25H30N4O2/c1-5-6-13-29-21-10-9-20(16(2)23(21)27-28-29)22(25(3,4)24(30)31)18-8-7-17-11-12-26-15-19(17)14-18/h5,7-10,14,22,26H,1,6,11-13,15H2,2-4H3,(H,30,31). The van der Waals surface area contributed by atoms with Gasteiger partial charge in [-0.15, -0.1) is 11.7 Å². The van der Waals surface area contributed by atoms with E-state index in [1.54, 1.807) is 0 Å². The molecule has 1 unspecified atom stereocenters. The molecule has 162 valence electrons. The van der Waals surface area contributed by atoms with Gasteiger partial charge >= 0.3 is 5.97 Å². The number of fused-ring (bicyclic) bond motifs is 2. The van der Waals surface area contributed by atoms with Gasteiger partial charge < -0.3 is 10.4 Å². The van der Waals surface area contributed by atoms with Crippen LogP contribution in [-0.4, -0.2) is 32.6 Å². The maximum absolute atomic E-state index is 12.3. The summed E-state index contributed by atoms with van der Waals surface area (Å²) in [6, 6.07) is 10.5. The molecule has 1 aliphatic rings. The van der Waals surface area contributed by atoms with Gasteiger partial charge in [0.05, 0.1) is 10.9 Å². The first-order valence-electron chi connectivity index (χ1n) is 10.8. The average molecular weight is 419 g/mol.